The van der Waals surface area contributed by atoms with Gasteiger partial charge in [-0.15, -0.1) is 0 Å². The average molecular weight is 204 g/mol. The van der Waals surface area contributed by atoms with Gasteiger partial charge < -0.3 is 11.5 Å². The molecule has 5 heteroatoms. The molecule has 1 aromatic rings. The van der Waals surface area contributed by atoms with Gasteiger partial charge in [-0.05, 0) is 11.6 Å². The Balaban J connectivity index is 3.16. The summed E-state index contributed by atoms with van der Waals surface area (Å²) in [6, 6.07) is 4.42. The van der Waals surface area contributed by atoms with Gasteiger partial charge in [0.15, 0.2) is 0 Å². The predicted octanol–water partition coefficient (Wildman–Crippen LogP) is 1.66. The molecule has 0 amide bonds. The molecule has 0 heterocycles. The van der Waals surface area contributed by atoms with Crippen LogP contribution in [0.15, 0.2) is 24.3 Å². The summed E-state index contributed by atoms with van der Waals surface area (Å²) >= 11 is 0. The van der Waals surface area contributed by atoms with Gasteiger partial charge in [0.25, 0.3) is 0 Å². The molecule has 0 fully saturated rings. The van der Waals surface area contributed by atoms with E-state index in [2.05, 4.69) is 0 Å². The van der Waals surface area contributed by atoms with Gasteiger partial charge >= 0.3 is 6.18 Å². The largest absolute Gasteiger partial charge is 0.416 e. The smallest absolute Gasteiger partial charge is 0.329 e. The van der Waals surface area contributed by atoms with Crippen LogP contribution in [0.25, 0.3) is 0 Å². The zero-order valence-corrected chi connectivity index (χ0v) is 7.38. The third-order valence-electron chi connectivity index (χ3n) is 1.92. The molecule has 1 unspecified atom stereocenters. The summed E-state index contributed by atoms with van der Waals surface area (Å²) in [7, 11) is 0. The summed E-state index contributed by atoms with van der Waals surface area (Å²) in [4.78, 5) is 0. The summed E-state index contributed by atoms with van der Waals surface area (Å²) in [6.45, 7) is -0.00685. The highest BCUT2D eigenvalue weighted by Gasteiger charge is 2.33. The highest BCUT2D eigenvalue weighted by molar-refractivity contribution is 5.32. The van der Waals surface area contributed by atoms with Crippen molar-refractivity contribution in [1.29, 1.82) is 0 Å². The fourth-order valence-electron chi connectivity index (χ4n) is 1.21. The first-order valence-electron chi connectivity index (χ1n) is 4.08. The quantitative estimate of drug-likeness (QED) is 0.769. The van der Waals surface area contributed by atoms with Crippen molar-refractivity contribution < 1.29 is 13.2 Å². The second kappa shape index (κ2) is 3.98. The van der Waals surface area contributed by atoms with Crippen molar-refractivity contribution in [1.82, 2.24) is 0 Å². The summed E-state index contributed by atoms with van der Waals surface area (Å²) in [5, 5.41) is 0. The molecule has 0 aliphatic carbocycles. The van der Waals surface area contributed by atoms with Crippen LogP contribution in [0, 0.1) is 0 Å². The lowest BCUT2D eigenvalue weighted by Crippen LogP contribution is -2.24. The normalized spacial score (nSPS) is 14.1. The molecular weight excluding hydrogens is 193 g/mol. The lowest BCUT2D eigenvalue weighted by molar-refractivity contribution is -0.138. The molecule has 78 valence electrons. The Hall–Kier alpha value is -1.07. The summed E-state index contributed by atoms with van der Waals surface area (Å²) < 4.78 is 37.3. The van der Waals surface area contributed by atoms with Crippen LogP contribution in [0.1, 0.15) is 17.2 Å². The predicted molar refractivity (Wildman–Crippen MR) is 47.4 cm³/mol. The molecule has 0 saturated heterocycles. The minimum absolute atomic E-state index is 0.00685. The maximum absolute atomic E-state index is 12.4. The maximum atomic E-state index is 12.4. The number of hydrogen-bond donors (Lipinski definition) is 2. The summed E-state index contributed by atoms with van der Waals surface area (Å²) in [6.07, 6.45) is -4.37. The number of rotatable bonds is 2. The zero-order chi connectivity index (χ0) is 10.8. The average Bonchev–Trinajstić information content (AvgIpc) is 2.15. The van der Waals surface area contributed by atoms with E-state index in [4.69, 9.17) is 11.5 Å². The first-order valence-corrected chi connectivity index (χ1v) is 4.08. The van der Waals surface area contributed by atoms with Crippen LogP contribution in [-0.2, 0) is 6.18 Å². The second-order valence-corrected chi connectivity index (χ2v) is 2.93. The number of halogens is 3. The highest BCUT2D eigenvalue weighted by atomic mass is 19.4. The van der Waals surface area contributed by atoms with Crippen LogP contribution < -0.4 is 11.5 Å². The van der Waals surface area contributed by atoms with Gasteiger partial charge in [-0.2, -0.15) is 13.2 Å². The van der Waals surface area contributed by atoms with Crippen molar-refractivity contribution in [2.24, 2.45) is 11.5 Å². The molecule has 1 rings (SSSR count). The van der Waals surface area contributed by atoms with E-state index in [9.17, 15) is 13.2 Å². The van der Waals surface area contributed by atoms with Crippen molar-refractivity contribution in [3.63, 3.8) is 0 Å². The Morgan fingerprint density at radius 1 is 1.21 bits per heavy atom. The van der Waals surface area contributed by atoms with Gasteiger partial charge in [-0.1, -0.05) is 18.2 Å². The number of benzene rings is 1. The van der Waals surface area contributed by atoms with E-state index in [0.717, 1.165) is 6.07 Å². The zero-order valence-electron chi connectivity index (χ0n) is 7.38. The number of alkyl halides is 3. The van der Waals surface area contributed by atoms with E-state index in [0.29, 0.717) is 0 Å². The van der Waals surface area contributed by atoms with Gasteiger partial charge in [0.05, 0.1) is 5.56 Å². The molecular formula is C9H11F3N2. The second-order valence-electron chi connectivity index (χ2n) is 2.93. The molecule has 0 saturated carbocycles. The summed E-state index contributed by atoms with van der Waals surface area (Å²) in [5.74, 6) is 0. The summed E-state index contributed by atoms with van der Waals surface area (Å²) in [5.41, 5.74) is 10.0. The van der Waals surface area contributed by atoms with E-state index >= 15 is 0 Å². The number of nitrogens with two attached hydrogens (primary N) is 2. The van der Waals surface area contributed by atoms with Crippen molar-refractivity contribution in [3.05, 3.63) is 35.4 Å². The molecule has 14 heavy (non-hydrogen) atoms. The maximum Gasteiger partial charge on any atom is 0.416 e. The van der Waals surface area contributed by atoms with Gasteiger partial charge in [0, 0.05) is 12.6 Å². The lowest BCUT2D eigenvalue weighted by Gasteiger charge is -2.16. The SMILES string of the molecule is NCC(N)c1ccccc1C(F)(F)F. The van der Waals surface area contributed by atoms with Crippen LogP contribution in [-0.4, -0.2) is 6.54 Å². The van der Waals surface area contributed by atoms with Gasteiger partial charge in [-0.3, -0.25) is 0 Å². The van der Waals surface area contributed by atoms with E-state index in [-0.39, 0.29) is 12.1 Å². The van der Waals surface area contributed by atoms with Crippen LogP contribution >= 0.6 is 0 Å². The first kappa shape index (κ1) is 11.0. The van der Waals surface area contributed by atoms with E-state index in [1.807, 2.05) is 0 Å². The van der Waals surface area contributed by atoms with Crippen molar-refractivity contribution in [2.75, 3.05) is 6.54 Å². The molecule has 4 N–H and O–H groups in total. The lowest BCUT2D eigenvalue weighted by atomic mass is 10.0. The van der Waals surface area contributed by atoms with Crippen LogP contribution in [0.4, 0.5) is 13.2 Å². The number of hydrogen-bond acceptors (Lipinski definition) is 2. The van der Waals surface area contributed by atoms with Crippen LogP contribution in [0.5, 0.6) is 0 Å². The van der Waals surface area contributed by atoms with Gasteiger partial charge in [0.1, 0.15) is 0 Å². The Labute approximate surface area is 79.7 Å². The minimum atomic E-state index is -4.37. The van der Waals surface area contributed by atoms with Crippen molar-refractivity contribution in [2.45, 2.75) is 12.2 Å². The van der Waals surface area contributed by atoms with Gasteiger partial charge in [0.2, 0.25) is 0 Å². The van der Waals surface area contributed by atoms with E-state index < -0.39 is 17.8 Å². The van der Waals surface area contributed by atoms with E-state index in [1.54, 1.807) is 0 Å². The fourth-order valence-corrected chi connectivity index (χ4v) is 1.21. The molecule has 0 bridgehead atoms. The van der Waals surface area contributed by atoms with Gasteiger partial charge in [-0.25, -0.2) is 0 Å². The van der Waals surface area contributed by atoms with Crippen LogP contribution in [0.2, 0.25) is 0 Å². The van der Waals surface area contributed by atoms with Crippen molar-refractivity contribution in [3.8, 4) is 0 Å². The minimum Gasteiger partial charge on any atom is -0.329 e. The first-order chi connectivity index (χ1) is 6.46. The topological polar surface area (TPSA) is 52.0 Å². The Morgan fingerprint density at radius 3 is 2.29 bits per heavy atom. The molecule has 0 spiro atoms. The third kappa shape index (κ3) is 2.24. The van der Waals surface area contributed by atoms with Crippen molar-refractivity contribution >= 4 is 0 Å². The molecule has 2 nitrogen and oxygen atoms in total. The molecule has 0 aliphatic rings. The van der Waals surface area contributed by atoms with E-state index in [1.165, 1.54) is 18.2 Å². The molecule has 1 atom stereocenters. The fraction of sp³-hybridized carbons (Fsp3) is 0.333. The van der Waals surface area contributed by atoms with Crippen LogP contribution in [0.3, 0.4) is 0 Å². The molecule has 0 radical (unpaired) electrons. The highest BCUT2D eigenvalue weighted by Crippen LogP contribution is 2.33. The third-order valence-corrected chi connectivity index (χ3v) is 1.92. The Bertz CT molecular complexity index is 309. The molecule has 0 aliphatic heterocycles. The molecule has 1 aromatic carbocycles. The molecule has 0 aromatic heterocycles. The Morgan fingerprint density at radius 2 is 1.79 bits per heavy atom. The Kier molecular flexibility index (Phi) is 3.13. The standard InChI is InChI=1S/C9H11F3N2/c10-9(11,12)7-4-2-1-3-6(7)8(14)5-13/h1-4,8H,5,13-14H2. The monoisotopic (exact) mass is 204 g/mol.